The highest BCUT2D eigenvalue weighted by molar-refractivity contribution is 5.97. The molecule has 27 heavy (non-hydrogen) atoms. The SMILES string of the molecule is CC(C)c1ccc(CN(C(=O)c2cc3ccccc3oc2=O)C2CC2)cc1. The smallest absolute Gasteiger partial charge is 0.349 e. The second kappa shape index (κ2) is 7.03. The Kier molecular flexibility index (Phi) is 4.56. The first-order chi connectivity index (χ1) is 13.0. The normalized spacial score (nSPS) is 13.9. The first kappa shape index (κ1) is 17.5. The Morgan fingerprint density at radius 2 is 1.81 bits per heavy atom. The predicted octanol–water partition coefficient (Wildman–Crippen LogP) is 4.72. The van der Waals surface area contributed by atoms with E-state index in [0.29, 0.717) is 18.0 Å². The zero-order valence-electron chi connectivity index (χ0n) is 15.6. The Bertz CT molecular complexity index is 1030. The summed E-state index contributed by atoms with van der Waals surface area (Å²) in [6.45, 7) is 4.83. The Balaban J connectivity index is 1.63. The van der Waals surface area contributed by atoms with Crippen LogP contribution in [0.25, 0.3) is 11.0 Å². The maximum atomic E-state index is 13.1. The largest absolute Gasteiger partial charge is 0.422 e. The minimum Gasteiger partial charge on any atom is -0.422 e. The summed E-state index contributed by atoms with van der Waals surface area (Å²) in [7, 11) is 0. The van der Waals surface area contributed by atoms with Gasteiger partial charge in [-0.1, -0.05) is 56.3 Å². The van der Waals surface area contributed by atoms with E-state index in [2.05, 4.69) is 38.1 Å². The fourth-order valence-electron chi connectivity index (χ4n) is 3.32. The fraction of sp³-hybridized carbons (Fsp3) is 0.304. The van der Waals surface area contributed by atoms with Gasteiger partial charge >= 0.3 is 5.63 Å². The third kappa shape index (κ3) is 3.65. The first-order valence-electron chi connectivity index (χ1n) is 9.45. The lowest BCUT2D eigenvalue weighted by Crippen LogP contribution is -2.35. The van der Waals surface area contributed by atoms with Gasteiger partial charge in [0.25, 0.3) is 5.91 Å². The van der Waals surface area contributed by atoms with Gasteiger partial charge in [-0.2, -0.15) is 0 Å². The molecular weight excluding hydrogens is 338 g/mol. The Hall–Kier alpha value is -2.88. The van der Waals surface area contributed by atoms with Crippen LogP contribution >= 0.6 is 0 Å². The average Bonchev–Trinajstić information content (AvgIpc) is 3.50. The third-order valence-electron chi connectivity index (χ3n) is 5.12. The molecule has 1 saturated carbocycles. The van der Waals surface area contributed by atoms with Crippen LogP contribution in [0.15, 0.2) is 63.8 Å². The van der Waals surface area contributed by atoms with Crippen LogP contribution in [0, 0.1) is 0 Å². The van der Waals surface area contributed by atoms with Gasteiger partial charge in [0.1, 0.15) is 11.1 Å². The van der Waals surface area contributed by atoms with Gasteiger partial charge in [-0.25, -0.2) is 4.79 Å². The number of para-hydroxylation sites is 1. The van der Waals surface area contributed by atoms with E-state index < -0.39 is 5.63 Å². The van der Waals surface area contributed by atoms with Crippen molar-refractivity contribution in [2.75, 3.05) is 0 Å². The lowest BCUT2D eigenvalue weighted by Gasteiger charge is -2.22. The van der Waals surface area contributed by atoms with Crippen LogP contribution in [-0.2, 0) is 6.54 Å². The number of benzene rings is 2. The van der Waals surface area contributed by atoms with Crippen LogP contribution in [-0.4, -0.2) is 16.8 Å². The summed E-state index contributed by atoms with van der Waals surface area (Å²) in [6, 6.07) is 17.5. The van der Waals surface area contributed by atoms with Gasteiger partial charge in [-0.05, 0) is 42.0 Å². The molecule has 4 heteroatoms. The van der Waals surface area contributed by atoms with Crippen molar-refractivity contribution in [3.8, 4) is 0 Å². The number of nitrogens with zero attached hydrogens (tertiary/aromatic N) is 1. The van der Waals surface area contributed by atoms with Gasteiger partial charge in [0.05, 0.1) is 0 Å². The first-order valence-corrected chi connectivity index (χ1v) is 9.45. The van der Waals surface area contributed by atoms with Crippen molar-refractivity contribution in [1.29, 1.82) is 0 Å². The standard InChI is InChI=1S/C23H23NO3/c1-15(2)17-9-7-16(8-10-17)14-24(19-11-12-19)22(25)20-13-18-5-3-4-6-21(18)27-23(20)26/h3-10,13,15,19H,11-12,14H2,1-2H3. The number of carbonyl (C=O) groups is 1. The lowest BCUT2D eigenvalue weighted by molar-refractivity contribution is 0.0726. The van der Waals surface area contributed by atoms with Crippen molar-refractivity contribution >= 4 is 16.9 Å². The summed E-state index contributed by atoms with van der Waals surface area (Å²) in [5.41, 5.74) is 2.39. The molecular formula is C23H23NO3. The van der Waals surface area contributed by atoms with Crippen LogP contribution in [0.5, 0.6) is 0 Å². The molecule has 1 aliphatic carbocycles. The molecule has 0 unspecified atom stereocenters. The molecule has 4 nitrogen and oxygen atoms in total. The molecule has 1 amide bonds. The molecule has 4 rings (SSSR count). The summed E-state index contributed by atoms with van der Waals surface area (Å²) in [5, 5.41) is 0.762. The number of hydrogen-bond acceptors (Lipinski definition) is 3. The van der Waals surface area contributed by atoms with E-state index in [4.69, 9.17) is 4.42 Å². The van der Waals surface area contributed by atoms with Crippen LogP contribution < -0.4 is 5.63 Å². The highest BCUT2D eigenvalue weighted by Crippen LogP contribution is 2.30. The second-order valence-corrected chi connectivity index (χ2v) is 7.55. The molecule has 0 radical (unpaired) electrons. The van der Waals surface area contributed by atoms with Gasteiger partial charge in [-0.3, -0.25) is 4.79 Å². The van der Waals surface area contributed by atoms with E-state index in [1.54, 1.807) is 12.1 Å². The predicted molar refractivity (Wildman–Crippen MR) is 106 cm³/mol. The van der Waals surface area contributed by atoms with Crippen LogP contribution in [0.4, 0.5) is 0 Å². The molecule has 0 atom stereocenters. The summed E-state index contributed by atoms with van der Waals surface area (Å²) in [5.74, 6) is 0.229. The number of carbonyl (C=O) groups excluding carboxylic acids is 1. The number of hydrogen-bond donors (Lipinski definition) is 0. The molecule has 0 bridgehead atoms. The highest BCUT2D eigenvalue weighted by atomic mass is 16.4. The molecule has 2 aromatic carbocycles. The molecule has 1 aromatic heterocycles. The van der Waals surface area contributed by atoms with Crippen molar-refractivity contribution < 1.29 is 9.21 Å². The molecule has 138 valence electrons. The summed E-state index contributed by atoms with van der Waals surface area (Å²) in [4.78, 5) is 27.3. The average molecular weight is 361 g/mol. The summed E-state index contributed by atoms with van der Waals surface area (Å²) < 4.78 is 5.35. The molecule has 0 saturated heterocycles. The quantitative estimate of drug-likeness (QED) is 0.618. The lowest BCUT2D eigenvalue weighted by atomic mass is 10.0. The molecule has 3 aromatic rings. The Labute approximate surface area is 158 Å². The van der Waals surface area contributed by atoms with Crippen molar-refractivity contribution in [1.82, 2.24) is 4.90 Å². The fourth-order valence-corrected chi connectivity index (χ4v) is 3.32. The molecule has 0 aliphatic heterocycles. The van der Waals surface area contributed by atoms with Gasteiger partial charge < -0.3 is 9.32 Å². The zero-order valence-corrected chi connectivity index (χ0v) is 15.6. The monoisotopic (exact) mass is 361 g/mol. The van der Waals surface area contributed by atoms with E-state index in [0.717, 1.165) is 23.8 Å². The van der Waals surface area contributed by atoms with Gasteiger partial charge in [0, 0.05) is 18.0 Å². The minimum absolute atomic E-state index is 0.111. The van der Waals surface area contributed by atoms with Crippen LogP contribution in [0.1, 0.15) is 54.1 Å². The molecule has 0 spiro atoms. The topological polar surface area (TPSA) is 50.5 Å². The van der Waals surface area contributed by atoms with Gasteiger partial charge in [-0.15, -0.1) is 0 Å². The van der Waals surface area contributed by atoms with Crippen molar-refractivity contribution in [2.24, 2.45) is 0 Å². The van der Waals surface area contributed by atoms with E-state index in [-0.39, 0.29) is 17.5 Å². The maximum absolute atomic E-state index is 13.1. The summed E-state index contributed by atoms with van der Waals surface area (Å²) >= 11 is 0. The second-order valence-electron chi connectivity index (χ2n) is 7.55. The van der Waals surface area contributed by atoms with Gasteiger partial charge in [0.15, 0.2) is 0 Å². The minimum atomic E-state index is -0.570. The van der Waals surface area contributed by atoms with Crippen molar-refractivity contribution in [2.45, 2.75) is 45.2 Å². The van der Waals surface area contributed by atoms with E-state index in [1.807, 2.05) is 23.1 Å². The molecule has 1 fully saturated rings. The highest BCUT2D eigenvalue weighted by Gasteiger charge is 2.34. The number of amides is 1. The maximum Gasteiger partial charge on any atom is 0.349 e. The third-order valence-corrected chi connectivity index (χ3v) is 5.12. The van der Waals surface area contributed by atoms with Crippen LogP contribution in [0.3, 0.4) is 0 Å². The van der Waals surface area contributed by atoms with Crippen molar-refractivity contribution in [3.63, 3.8) is 0 Å². The molecule has 1 heterocycles. The van der Waals surface area contributed by atoms with E-state index in [1.165, 1.54) is 5.56 Å². The van der Waals surface area contributed by atoms with E-state index >= 15 is 0 Å². The summed E-state index contributed by atoms with van der Waals surface area (Å²) in [6.07, 6.45) is 1.96. The Morgan fingerprint density at radius 1 is 1.11 bits per heavy atom. The number of rotatable bonds is 5. The van der Waals surface area contributed by atoms with Crippen molar-refractivity contribution in [3.05, 3.63) is 81.7 Å². The number of fused-ring (bicyclic) bond motifs is 1. The molecule has 0 N–H and O–H groups in total. The molecule has 1 aliphatic rings. The van der Waals surface area contributed by atoms with Crippen LogP contribution in [0.2, 0.25) is 0 Å². The van der Waals surface area contributed by atoms with E-state index in [9.17, 15) is 9.59 Å². The Morgan fingerprint density at radius 3 is 2.48 bits per heavy atom. The zero-order chi connectivity index (χ0) is 19.0. The van der Waals surface area contributed by atoms with Gasteiger partial charge in [0.2, 0.25) is 0 Å².